The van der Waals surface area contributed by atoms with Crippen molar-refractivity contribution in [3.63, 3.8) is 0 Å². The normalized spacial score (nSPS) is 12.3. The summed E-state index contributed by atoms with van der Waals surface area (Å²) < 4.78 is 15.9. The number of ether oxygens (including phenoxy) is 3. The molecule has 0 saturated carbocycles. The molecule has 1 amide bonds. The van der Waals surface area contributed by atoms with Gasteiger partial charge in [0, 0.05) is 12.5 Å². The zero-order valence-corrected chi connectivity index (χ0v) is 13.2. The molecule has 23 heavy (non-hydrogen) atoms. The van der Waals surface area contributed by atoms with E-state index in [1.807, 2.05) is 18.2 Å². The van der Waals surface area contributed by atoms with Crippen LogP contribution in [-0.2, 0) is 17.6 Å². The summed E-state index contributed by atoms with van der Waals surface area (Å²) in [6.07, 6.45) is 1.21. The zero-order chi connectivity index (χ0) is 16.2. The minimum Gasteiger partial charge on any atom is -0.497 e. The van der Waals surface area contributed by atoms with Crippen molar-refractivity contribution in [1.29, 1.82) is 0 Å². The molecule has 1 N–H and O–H groups in total. The molecule has 0 fully saturated rings. The quantitative estimate of drug-likeness (QED) is 0.922. The lowest BCUT2D eigenvalue weighted by atomic mass is 10.1. The molecule has 2 aromatic rings. The first-order valence-corrected chi connectivity index (χ1v) is 7.46. The van der Waals surface area contributed by atoms with Crippen molar-refractivity contribution in [2.45, 2.75) is 12.8 Å². The Balaban J connectivity index is 1.70. The van der Waals surface area contributed by atoms with E-state index in [1.165, 1.54) is 0 Å². The number of hydrogen-bond donors (Lipinski definition) is 1. The van der Waals surface area contributed by atoms with Crippen molar-refractivity contribution in [3.8, 4) is 17.2 Å². The molecule has 0 aliphatic carbocycles. The van der Waals surface area contributed by atoms with Crippen molar-refractivity contribution < 1.29 is 19.0 Å². The molecule has 120 valence electrons. The van der Waals surface area contributed by atoms with Gasteiger partial charge in [0.05, 0.1) is 32.9 Å². The molecule has 0 spiro atoms. The SMILES string of the molecule is COc1ccc(NC(=O)Cc2ccc3c(c2)CCO3)c(OC)c1. The fourth-order valence-electron chi connectivity index (χ4n) is 2.63. The molecular formula is C18H19NO4. The van der Waals surface area contributed by atoms with Gasteiger partial charge in [0.25, 0.3) is 0 Å². The van der Waals surface area contributed by atoms with Crippen LogP contribution < -0.4 is 19.5 Å². The molecule has 0 bridgehead atoms. The minimum absolute atomic E-state index is 0.0904. The van der Waals surface area contributed by atoms with Gasteiger partial charge in [-0.3, -0.25) is 4.79 Å². The van der Waals surface area contributed by atoms with Gasteiger partial charge < -0.3 is 19.5 Å². The Hall–Kier alpha value is -2.69. The van der Waals surface area contributed by atoms with Crippen LogP contribution in [0.1, 0.15) is 11.1 Å². The molecule has 3 rings (SSSR count). The summed E-state index contributed by atoms with van der Waals surface area (Å²) in [6.45, 7) is 0.716. The van der Waals surface area contributed by atoms with Crippen LogP contribution in [0.15, 0.2) is 36.4 Å². The third-order valence-corrected chi connectivity index (χ3v) is 3.80. The molecule has 1 heterocycles. The average molecular weight is 313 g/mol. The first-order chi connectivity index (χ1) is 11.2. The van der Waals surface area contributed by atoms with Gasteiger partial charge in [0.2, 0.25) is 5.91 Å². The van der Waals surface area contributed by atoms with E-state index in [4.69, 9.17) is 14.2 Å². The lowest BCUT2D eigenvalue weighted by molar-refractivity contribution is -0.115. The summed E-state index contributed by atoms with van der Waals surface area (Å²) in [5, 5.41) is 2.88. The molecule has 0 unspecified atom stereocenters. The highest BCUT2D eigenvalue weighted by atomic mass is 16.5. The lowest BCUT2D eigenvalue weighted by Gasteiger charge is -2.12. The van der Waals surface area contributed by atoms with E-state index in [0.29, 0.717) is 30.2 Å². The first kappa shape index (κ1) is 15.2. The van der Waals surface area contributed by atoms with Crippen LogP contribution in [-0.4, -0.2) is 26.7 Å². The number of amides is 1. The second-order valence-electron chi connectivity index (χ2n) is 5.33. The van der Waals surface area contributed by atoms with E-state index in [9.17, 15) is 4.79 Å². The molecule has 0 aromatic heterocycles. The fraction of sp³-hybridized carbons (Fsp3) is 0.278. The van der Waals surface area contributed by atoms with Gasteiger partial charge in [-0.25, -0.2) is 0 Å². The monoisotopic (exact) mass is 313 g/mol. The third-order valence-electron chi connectivity index (χ3n) is 3.80. The number of anilines is 1. The van der Waals surface area contributed by atoms with E-state index in [-0.39, 0.29) is 5.91 Å². The number of nitrogens with one attached hydrogen (secondary N) is 1. The van der Waals surface area contributed by atoms with Crippen molar-refractivity contribution in [2.24, 2.45) is 0 Å². The predicted molar refractivity (Wildman–Crippen MR) is 87.5 cm³/mol. The predicted octanol–water partition coefficient (Wildman–Crippen LogP) is 2.82. The number of hydrogen-bond acceptors (Lipinski definition) is 4. The number of benzene rings is 2. The number of carbonyl (C=O) groups is 1. The highest BCUT2D eigenvalue weighted by Gasteiger charge is 2.14. The maximum atomic E-state index is 12.3. The summed E-state index contributed by atoms with van der Waals surface area (Å²) in [7, 11) is 3.15. The maximum absolute atomic E-state index is 12.3. The van der Waals surface area contributed by atoms with Gasteiger partial charge in [-0.2, -0.15) is 0 Å². The Bertz CT molecular complexity index is 727. The maximum Gasteiger partial charge on any atom is 0.228 e. The Morgan fingerprint density at radius 3 is 2.83 bits per heavy atom. The summed E-state index contributed by atoms with van der Waals surface area (Å²) in [5.41, 5.74) is 2.76. The average Bonchev–Trinajstić information content (AvgIpc) is 3.02. The Labute approximate surface area is 135 Å². The number of methoxy groups -OCH3 is 2. The molecular weight excluding hydrogens is 294 g/mol. The van der Waals surface area contributed by atoms with Gasteiger partial charge in [0.1, 0.15) is 17.2 Å². The van der Waals surface area contributed by atoms with Gasteiger partial charge in [-0.1, -0.05) is 12.1 Å². The summed E-state index contributed by atoms with van der Waals surface area (Å²) in [6, 6.07) is 11.2. The highest BCUT2D eigenvalue weighted by Crippen LogP contribution is 2.29. The van der Waals surface area contributed by atoms with Crippen molar-refractivity contribution >= 4 is 11.6 Å². The van der Waals surface area contributed by atoms with E-state index in [0.717, 1.165) is 23.3 Å². The molecule has 0 atom stereocenters. The molecule has 5 heteroatoms. The minimum atomic E-state index is -0.0904. The van der Waals surface area contributed by atoms with E-state index < -0.39 is 0 Å². The summed E-state index contributed by atoms with van der Waals surface area (Å²) in [5.74, 6) is 2.08. The Morgan fingerprint density at radius 1 is 1.17 bits per heavy atom. The molecule has 0 radical (unpaired) electrons. The largest absolute Gasteiger partial charge is 0.497 e. The molecule has 1 aliphatic rings. The lowest BCUT2D eigenvalue weighted by Crippen LogP contribution is -2.15. The standard InChI is InChI=1S/C18H19NO4/c1-21-14-4-5-15(17(11-14)22-2)19-18(20)10-12-3-6-16-13(9-12)7-8-23-16/h3-6,9,11H,7-8,10H2,1-2H3,(H,19,20). The van der Waals surface area contributed by atoms with Gasteiger partial charge in [-0.15, -0.1) is 0 Å². The van der Waals surface area contributed by atoms with Crippen molar-refractivity contribution in [3.05, 3.63) is 47.5 Å². The van der Waals surface area contributed by atoms with Crippen LogP contribution >= 0.6 is 0 Å². The van der Waals surface area contributed by atoms with Gasteiger partial charge >= 0.3 is 0 Å². The van der Waals surface area contributed by atoms with Crippen LogP contribution in [0.25, 0.3) is 0 Å². The highest BCUT2D eigenvalue weighted by molar-refractivity contribution is 5.93. The van der Waals surface area contributed by atoms with Crippen LogP contribution in [0.2, 0.25) is 0 Å². The summed E-state index contributed by atoms with van der Waals surface area (Å²) >= 11 is 0. The second-order valence-corrected chi connectivity index (χ2v) is 5.33. The Morgan fingerprint density at radius 2 is 2.04 bits per heavy atom. The fourth-order valence-corrected chi connectivity index (χ4v) is 2.63. The topological polar surface area (TPSA) is 56.8 Å². The second kappa shape index (κ2) is 6.60. The van der Waals surface area contributed by atoms with Crippen molar-refractivity contribution in [1.82, 2.24) is 0 Å². The first-order valence-electron chi connectivity index (χ1n) is 7.46. The van der Waals surface area contributed by atoms with Gasteiger partial charge in [-0.05, 0) is 29.3 Å². The number of fused-ring (bicyclic) bond motifs is 1. The third kappa shape index (κ3) is 3.39. The van der Waals surface area contributed by atoms with Crippen LogP contribution in [0.3, 0.4) is 0 Å². The Kier molecular flexibility index (Phi) is 4.37. The van der Waals surface area contributed by atoms with E-state index in [2.05, 4.69) is 5.32 Å². The number of carbonyl (C=O) groups excluding carboxylic acids is 1. The molecule has 5 nitrogen and oxygen atoms in total. The van der Waals surface area contributed by atoms with Gasteiger partial charge in [0.15, 0.2) is 0 Å². The molecule has 2 aromatic carbocycles. The zero-order valence-electron chi connectivity index (χ0n) is 13.2. The van der Waals surface area contributed by atoms with Crippen molar-refractivity contribution in [2.75, 3.05) is 26.1 Å². The van der Waals surface area contributed by atoms with Crippen LogP contribution in [0.4, 0.5) is 5.69 Å². The van der Waals surface area contributed by atoms with E-state index in [1.54, 1.807) is 32.4 Å². The molecule has 1 aliphatic heterocycles. The molecule has 0 saturated heterocycles. The van der Waals surface area contributed by atoms with Crippen LogP contribution in [0.5, 0.6) is 17.2 Å². The smallest absolute Gasteiger partial charge is 0.228 e. The number of rotatable bonds is 5. The van der Waals surface area contributed by atoms with E-state index >= 15 is 0 Å². The summed E-state index contributed by atoms with van der Waals surface area (Å²) in [4.78, 5) is 12.3. The van der Waals surface area contributed by atoms with Crippen LogP contribution in [0, 0.1) is 0 Å².